The van der Waals surface area contributed by atoms with E-state index in [0.29, 0.717) is 0 Å². The average Bonchev–Trinajstić information content (AvgIpc) is 3.20. The predicted molar refractivity (Wildman–Crippen MR) is 115 cm³/mol. The van der Waals surface area contributed by atoms with Crippen molar-refractivity contribution in [2.24, 2.45) is 10.8 Å². The highest BCUT2D eigenvalue weighted by molar-refractivity contribution is 7.13. The Labute approximate surface area is 164 Å². The van der Waals surface area contributed by atoms with Crippen molar-refractivity contribution in [1.82, 2.24) is 0 Å². The highest BCUT2D eigenvalue weighted by atomic mass is 32.1. The summed E-state index contributed by atoms with van der Waals surface area (Å²) in [4.78, 5) is 15.7. The van der Waals surface area contributed by atoms with Crippen LogP contribution < -0.4 is 0 Å². The van der Waals surface area contributed by atoms with Gasteiger partial charge in [-0.15, -0.1) is 22.7 Å². The van der Waals surface area contributed by atoms with Gasteiger partial charge < -0.3 is 0 Å². The first kappa shape index (κ1) is 19.1. The van der Waals surface area contributed by atoms with Crippen molar-refractivity contribution >= 4 is 34.0 Å². The first-order valence-electron chi connectivity index (χ1n) is 8.90. The molecule has 1 aliphatic rings. The monoisotopic (exact) mass is 382 g/mol. The SMILES string of the molecule is CC(C)(C)C1=CC(=C(c2cccs2)c2cccs2)C=C(C(C)(C)C)C1=O. The summed E-state index contributed by atoms with van der Waals surface area (Å²) in [6, 6.07) is 8.51. The number of ketones is 1. The van der Waals surface area contributed by atoms with Crippen LogP contribution in [0.5, 0.6) is 0 Å². The molecule has 26 heavy (non-hydrogen) atoms. The van der Waals surface area contributed by atoms with Gasteiger partial charge in [-0.1, -0.05) is 53.7 Å². The van der Waals surface area contributed by atoms with Crippen LogP contribution in [0.25, 0.3) is 5.57 Å². The van der Waals surface area contributed by atoms with Gasteiger partial charge in [0, 0.05) is 26.5 Å². The maximum atomic E-state index is 13.2. The molecule has 0 amide bonds. The molecule has 0 saturated carbocycles. The van der Waals surface area contributed by atoms with E-state index in [1.165, 1.54) is 15.3 Å². The van der Waals surface area contributed by atoms with Gasteiger partial charge >= 0.3 is 0 Å². The number of hydrogen-bond acceptors (Lipinski definition) is 3. The lowest BCUT2D eigenvalue weighted by Crippen LogP contribution is -2.28. The molecule has 1 aliphatic carbocycles. The summed E-state index contributed by atoms with van der Waals surface area (Å²) in [5, 5.41) is 4.22. The van der Waals surface area contributed by atoms with Gasteiger partial charge in [0.25, 0.3) is 0 Å². The van der Waals surface area contributed by atoms with Crippen LogP contribution in [0.3, 0.4) is 0 Å². The molecule has 2 aromatic heterocycles. The van der Waals surface area contributed by atoms with Gasteiger partial charge in [-0.25, -0.2) is 0 Å². The molecule has 0 fully saturated rings. The van der Waals surface area contributed by atoms with E-state index in [0.717, 1.165) is 16.7 Å². The quantitative estimate of drug-likeness (QED) is 0.539. The fourth-order valence-corrected chi connectivity index (χ4v) is 4.81. The third-order valence-corrected chi connectivity index (χ3v) is 6.30. The molecule has 1 nitrogen and oxygen atoms in total. The lowest BCUT2D eigenvalue weighted by atomic mass is 9.71. The minimum absolute atomic E-state index is 0.186. The summed E-state index contributed by atoms with van der Waals surface area (Å²) >= 11 is 3.49. The van der Waals surface area contributed by atoms with E-state index in [2.05, 4.69) is 88.7 Å². The Morgan fingerprint density at radius 2 is 1.19 bits per heavy atom. The second-order valence-corrected chi connectivity index (χ2v) is 10.6. The van der Waals surface area contributed by atoms with E-state index in [-0.39, 0.29) is 16.6 Å². The molecule has 2 heterocycles. The van der Waals surface area contributed by atoms with Crippen molar-refractivity contribution in [2.45, 2.75) is 41.5 Å². The Bertz CT molecular complexity index is 818. The van der Waals surface area contributed by atoms with Crippen LogP contribution in [0.15, 0.2) is 63.9 Å². The van der Waals surface area contributed by atoms with Crippen LogP contribution in [-0.2, 0) is 4.79 Å². The van der Waals surface area contributed by atoms with Crippen LogP contribution in [-0.4, -0.2) is 5.78 Å². The Morgan fingerprint density at radius 3 is 1.50 bits per heavy atom. The van der Waals surface area contributed by atoms with Gasteiger partial charge in [-0.05, 0) is 51.4 Å². The molecule has 0 bridgehead atoms. The van der Waals surface area contributed by atoms with Crippen molar-refractivity contribution in [2.75, 3.05) is 0 Å². The third-order valence-electron chi connectivity index (χ3n) is 4.53. The second kappa shape index (κ2) is 6.79. The first-order valence-corrected chi connectivity index (χ1v) is 10.7. The molecule has 0 spiro atoms. The zero-order valence-electron chi connectivity index (χ0n) is 16.3. The van der Waals surface area contributed by atoms with Crippen LogP contribution in [0.1, 0.15) is 51.3 Å². The fourth-order valence-electron chi connectivity index (χ4n) is 3.13. The van der Waals surface area contributed by atoms with Gasteiger partial charge in [0.2, 0.25) is 0 Å². The number of thiophene rings is 2. The topological polar surface area (TPSA) is 17.1 Å². The van der Waals surface area contributed by atoms with E-state index in [9.17, 15) is 4.79 Å². The zero-order chi connectivity index (χ0) is 19.1. The third kappa shape index (κ3) is 3.70. The van der Waals surface area contributed by atoms with Crippen LogP contribution >= 0.6 is 22.7 Å². The van der Waals surface area contributed by atoms with Gasteiger partial charge in [-0.3, -0.25) is 4.79 Å². The summed E-state index contributed by atoms with van der Waals surface area (Å²) in [6.45, 7) is 12.7. The fraction of sp³-hybridized carbons (Fsp3) is 0.348. The zero-order valence-corrected chi connectivity index (χ0v) is 18.0. The Morgan fingerprint density at radius 1 is 0.769 bits per heavy atom. The molecular weight excluding hydrogens is 356 g/mol. The van der Waals surface area contributed by atoms with E-state index in [1.807, 2.05) is 0 Å². The standard InChI is InChI=1S/C23H26OS2/c1-22(2,3)16-13-15(14-17(21(16)24)23(4,5)6)20(18-9-7-11-25-18)19-10-8-12-26-19/h7-14H,1-6H3. The van der Waals surface area contributed by atoms with E-state index < -0.39 is 0 Å². The summed E-state index contributed by atoms with van der Waals surface area (Å²) in [5.41, 5.74) is 3.78. The molecule has 0 saturated heterocycles. The van der Waals surface area contributed by atoms with Crippen molar-refractivity contribution in [3.63, 3.8) is 0 Å². The number of hydrogen-bond donors (Lipinski definition) is 0. The summed E-state index contributed by atoms with van der Waals surface area (Å²) < 4.78 is 0. The number of allylic oxidation sites excluding steroid dienone is 5. The predicted octanol–water partition coefficient (Wildman–Crippen LogP) is 7.14. The first-order chi connectivity index (χ1) is 12.1. The van der Waals surface area contributed by atoms with Crippen molar-refractivity contribution in [1.29, 1.82) is 0 Å². The van der Waals surface area contributed by atoms with Gasteiger partial charge in [0.1, 0.15) is 0 Å². The molecule has 3 rings (SSSR count). The average molecular weight is 383 g/mol. The van der Waals surface area contributed by atoms with Crippen molar-refractivity contribution in [3.05, 3.63) is 73.7 Å². The van der Waals surface area contributed by atoms with Crippen molar-refractivity contribution in [3.8, 4) is 0 Å². The maximum Gasteiger partial charge on any atom is 0.186 e. The summed E-state index contributed by atoms with van der Waals surface area (Å²) in [6.07, 6.45) is 4.23. The highest BCUT2D eigenvalue weighted by Crippen LogP contribution is 2.42. The van der Waals surface area contributed by atoms with Gasteiger partial charge in [0.15, 0.2) is 5.78 Å². The molecule has 0 unspecified atom stereocenters. The molecule has 0 N–H and O–H groups in total. The van der Waals surface area contributed by atoms with Crippen molar-refractivity contribution < 1.29 is 4.79 Å². The number of carbonyl (C=O) groups excluding carboxylic acids is 1. The molecule has 0 radical (unpaired) electrons. The Balaban J connectivity index is 2.34. The molecule has 0 aromatic carbocycles. The van der Waals surface area contributed by atoms with Crippen LogP contribution in [0, 0.1) is 10.8 Å². The molecule has 136 valence electrons. The smallest absolute Gasteiger partial charge is 0.186 e. The molecule has 2 aromatic rings. The summed E-state index contributed by atoms with van der Waals surface area (Å²) in [5.74, 6) is 0.186. The largest absolute Gasteiger partial charge is 0.289 e. The van der Waals surface area contributed by atoms with Crippen LogP contribution in [0.2, 0.25) is 0 Å². The van der Waals surface area contributed by atoms with Crippen LogP contribution in [0.4, 0.5) is 0 Å². The van der Waals surface area contributed by atoms with E-state index >= 15 is 0 Å². The van der Waals surface area contributed by atoms with E-state index in [4.69, 9.17) is 0 Å². The highest BCUT2D eigenvalue weighted by Gasteiger charge is 2.34. The lowest BCUT2D eigenvalue weighted by molar-refractivity contribution is -0.114. The van der Waals surface area contributed by atoms with Gasteiger partial charge in [-0.2, -0.15) is 0 Å². The molecule has 3 heteroatoms. The maximum absolute atomic E-state index is 13.2. The lowest BCUT2D eigenvalue weighted by Gasteiger charge is -2.32. The number of rotatable bonds is 2. The number of Topliss-reactive ketones (excluding diaryl/α,β-unsaturated/α-hetero) is 1. The molecule has 0 atom stereocenters. The second-order valence-electron chi connectivity index (χ2n) is 8.73. The van der Waals surface area contributed by atoms with E-state index in [1.54, 1.807) is 22.7 Å². The number of carbonyl (C=O) groups is 1. The molecule has 0 aliphatic heterocycles. The normalized spacial score (nSPS) is 15.8. The minimum atomic E-state index is -0.191. The molecular formula is C23H26OS2. The summed E-state index contributed by atoms with van der Waals surface area (Å²) in [7, 11) is 0. The Kier molecular flexibility index (Phi) is 4.98. The van der Waals surface area contributed by atoms with Gasteiger partial charge in [0.05, 0.1) is 0 Å². The minimum Gasteiger partial charge on any atom is -0.289 e. The Hall–Kier alpha value is -1.71.